The van der Waals surface area contributed by atoms with Crippen LogP contribution in [0.1, 0.15) is 31.2 Å². The Morgan fingerprint density at radius 2 is 2.05 bits per heavy atom. The molecule has 2 aliphatic rings. The summed E-state index contributed by atoms with van der Waals surface area (Å²) in [7, 11) is 0. The zero-order valence-corrected chi connectivity index (χ0v) is 12.4. The maximum atomic E-state index is 4.25. The first-order valence-electron chi connectivity index (χ1n) is 8.18. The molecule has 1 N–H and O–H groups in total. The Bertz CT molecular complexity index is 573. The highest BCUT2D eigenvalue weighted by molar-refractivity contribution is 5.33. The van der Waals surface area contributed by atoms with Crippen molar-refractivity contribution in [3.63, 3.8) is 0 Å². The van der Waals surface area contributed by atoms with E-state index in [9.17, 15) is 0 Å². The van der Waals surface area contributed by atoms with Crippen LogP contribution in [0.25, 0.3) is 5.69 Å². The van der Waals surface area contributed by atoms with Crippen LogP contribution in [-0.4, -0.2) is 16.3 Å². The molecule has 3 nitrogen and oxygen atoms in total. The summed E-state index contributed by atoms with van der Waals surface area (Å²) in [6.07, 6.45) is 9.74. The van der Waals surface area contributed by atoms with Crippen molar-refractivity contribution in [2.24, 2.45) is 17.8 Å². The first-order valence-corrected chi connectivity index (χ1v) is 8.18. The van der Waals surface area contributed by atoms with Gasteiger partial charge in [-0.25, -0.2) is 4.68 Å². The van der Waals surface area contributed by atoms with E-state index in [1.807, 2.05) is 23.1 Å². The van der Waals surface area contributed by atoms with Crippen molar-refractivity contribution in [3.8, 4) is 5.69 Å². The molecule has 0 amide bonds. The number of rotatable bonds is 5. The van der Waals surface area contributed by atoms with Crippen LogP contribution in [0.5, 0.6) is 0 Å². The normalized spacial score (nSPS) is 27.3. The fourth-order valence-electron chi connectivity index (χ4n) is 4.22. The average molecular weight is 281 g/mol. The van der Waals surface area contributed by atoms with Crippen LogP contribution in [0, 0.1) is 17.8 Å². The maximum absolute atomic E-state index is 4.25. The van der Waals surface area contributed by atoms with Crippen LogP contribution in [0.3, 0.4) is 0 Å². The third-order valence-corrected chi connectivity index (χ3v) is 5.33. The van der Waals surface area contributed by atoms with E-state index in [4.69, 9.17) is 0 Å². The van der Waals surface area contributed by atoms with E-state index >= 15 is 0 Å². The van der Waals surface area contributed by atoms with Gasteiger partial charge in [-0.2, -0.15) is 5.10 Å². The molecule has 3 heteroatoms. The molecule has 0 radical (unpaired) electrons. The molecule has 3 atom stereocenters. The largest absolute Gasteiger partial charge is 0.312 e. The smallest absolute Gasteiger partial charge is 0.0645 e. The summed E-state index contributed by atoms with van der Waals surface area (Å²) < 4.78 is 1.90. The Morgan fingerprint density at radius 1 is 1.14 bits per heavy atom. The van der Waals surface area contributed by atoms with Gasteiger partial charge < -0.3 is 5.32 Å². The maximum Gasteiger partial charge on any atom is 0.0645 e. The molecule has 2 bridgehead atoms. The van der Waals surface area contributed by atoms with Gasteiger partial charge >= 0.3 is 0 Å². The van der Waals surface area contributed by atoms with Gasteiger partial charge in [-0.1, -0.05) is 18.6 Å². The van der Waals surface area contributed by atoms with Crippen LogP contribution in [0.4, 0.5) is 0 Å². The fraction of sp³-hybridized carbons (Fsp3) is 0.500. The summed E-state index contributed by atoms with van der Waals surface area (Å²) in [4.78, 5) is 0. The quantitative estimate of drug-likeness (QED) is 0.910. The lowest BCUT2D eigenvalue weighted by atomic mass is 9.89. The first kappa shape index (κ1) is 13.1. The summed E-state index contributed by atoms with van der Waals surface area (Å²) in [5.41, 5.74) is 2.48. The van der Waals surface area contributed by atoms with Gasteiger partial charge in [-0.05, 0) is 67.3 Å². The van der Waals surface area contributed by atoms with Crippen LogP contribution in [0.2, 0.25) is 0 Å². The molecule has 2 saturated carbocycles. The molecular formula is C18H23N3. The molecule has 2 fully saturated rings. The van der Waals surface area contributed by atoms with E-state index in [1.54, 1.807) is 0 Å². The summed E-state index contributed by atoms with van der Waals surface area (Å²) in [5.74, 6) is 3.01. The topological polar surface area (TPSA) is 29.9 Å². The monoisotopic (exact) mass is 281 g/mol. The molecule has 1 aromatic carbocycles. The highest BCUT2D eigenvalue weighted by Crippen LogP contribution is 2.47. The molecule has 1 aromatic heterocycles. The van der Waals surface area contributed by atoms with Crippen LogP contribution in [-0.2, 0) is 6.54 Å². The van der Waals surface area contributed by atoms with Gasteiger partial charge in [0.2, 0.25) is 0 Å². The molecule has 0 saturated heterocycles. The van der Waals surface area contributed by atoms with E-state index in [0.717, 1.165) is 30.0 Å². The molecule has 2 aliphatic carbocycles. The number of nitrogens with one attached hydrogen (secondary N) is 1. The lowest BCUT2D eigenvalue weighted by Crippen LogP contribution is -2.26. The Kier molecular flexibility index (Phi) is 3.52. The average Bonchev–Trinajstić information content (AvgIpc) is 3.26. The minimum Gasteiger partial charge on any atom is -0.312 e. The highest BCUT2D eigenvalue weighted by Gasteiger charge is 2.38. The molecule has 2 aromatic rings. The second kappa shape index (κ2) is 5.64. The molecule has 110 valence electrons. The van der Waals surface area contributed by atoms with Crippen molar-refractivity contribution >= 4 is 0 Å². The number of fused-ring (bicyclic) bond motifs is 2. The Hall–Kier alpha value is -1.61. The van der Waals surface area contributed by atoms with E-state index in [2.05, 4.69) is 34.7 Å². The van der Waals surface area contributed by atoms with Crippen molar-refractivity contribution in [2.45, 2.75) is 32.2 Å². The second-order valence-corrected chi connectivity index (χ2v) is 6.68. The van der Waals surface area contributed by atoms with Gasteiger partial charge in [0.1, 0.15) is 0 Å². The van der Waals surface area contributed by atoms with Crippen LogP contribution < -0.4 is 5.32 Å². The summed E-state index contributed by atoms with van der Waals surface area (Å²) in [6, 6.07) is 10.6. The number of hydrogen-bond acceptors (Lipinski definition) is 2. The Balaban J connectivity index is 1.29. The van der Waals surface area contributed by atoms with Crippen molar-refractivity contribution in [1.29, 1.82) is 0 Å². The van der Waals surface area contributed by atoms with Gasteiger partial charge in [0.05, 0.1) is 5.69 Å². The number of hydrogen-bond donors (Lipinski definition) is 1. The molecule has 0 spiro atoms. The van der Waals surface area contributed by atoms with Gasteiger partial charge in [0.15, 0.2) is 0 Å². The zero-order chi connectivity index (χ0) is 14.1. The zero-order valence-electron chi connectivity index (χ0n) is 12.4. The molecule has 0 aliphatic heterocycles. The molecule has 3 unspecified atom stereocenters. The van der Waals surface area contributed by atoms with Gasteiger partial charge in [0.25, 0.3) is 0 Å². The van der Waals surface area contributed by atoms with E-state index in [-0.39, 0.29) is 0 Å². The highest BCUT2D eigenvalue weighted by atomic mass is 15.3. The lowest BCUT2D eigenvalue weighted by Gasteiger charge is -2.21. The summed E-state index contributed by atoms with van der Waals surface area (Å²) in [5, 5.41) is 7.91. The first-order chi connectivity index (χ1) is 10.4. The lowest BCUT2D eigenvalue weighted by molar-refractivity contribution is 0.318. The van der Waals surface area contributed by atoms with E-state index in [1.165, 1.54) is 37.8 Å². The van der Waals surface area contributed by atoms with Crippen molar-refractivity contribution in [2.75, 3.05) is 6.54 Å². The third kappa shape index (κ3) is 2.75. The standard InChI is InChI=1S/C18H23N3/c1-8-20-21(9-1)18-6-3-14(4-7-18)12-19-13-17-11-15-2-5-16(17)10-15/h1,3-4,6-9,15-17,19H,2,5,10-13H2. The number of benzene rings is 1. The van der Waals surface area contributed by atoms with Gasteiger partial charge in [-0.3, -0.25) is 0 Å². The van der Waals surface area contributed by atoms with Crippen molar-refractivity contribution < 1.29 is 0 Å². The van der Waals surface area contributed by atoms with Crippen molar-refractivity contribution in [1.82, 2.24) is 15.1 Å². The predicted molar refractivity (Wildman–Crippen MR) is 84.2 cm³/mol. The Morgan fingerprint density at radius 3 is 2.71 bits per heavy atom. The molecule has 4 rings (SSSR count). The third-order valence-electron chi connectivity index (χ3n) is 5.33. The summed E-state index contributed by atoms with van der Waals surface area (Å²) in [6.45, 7) is 2.18. The molecule has 21 heavy (non-hydrogen) atoms. The van der Waals surface area contributed by atoms with Crippen LogP contribution >= 0.6 is 0 Å². The van der Waals surface area contributed by atoms with E-state index in [0.29, 0.717) is 0 Å². The SMILES string of the molecule is c1cnn(-c2ccc(CNCC3CC4CCC3C4)cc2)c1. The number of aromatic nitrogens is 2. The van der Waals surface area contributed by atoms with E-state index < -0.39 is 0 Å². The molecule has 1 heterocycles. The van der Waals surface area contributed by atoms with Crippen LogP contribution in [0.15, 0.2) is 42.7 Å². The number of nitrogens with zero attached hydrogens (tertiary/aromatic N) is 2. The fourth-order valence-corrected chi connectivity index (χ4v) is 4.22. The predicted octanol–water partition coefficient (Wildman–Crippen LogP) is 3.40. The van der Waals surface area contributed by atoms with Gasteiger partial charge in [0, 0.05) is 18.9 Å². The summed E-state index contributed by atoms with van der Waals surface area (Å²) >= 11 is 0. The minimum absolute atomic E-state index is 0.937. The van der Waals surface area contributed by atoms with Gasteiger partial charge in [-0.15, -0.1) is 0 Å². The molecular weight excluding hydrogens is 258 g/mol. The van der Waals surface area contributed by atoms with Crippen molar-refractivity contribution in [3.05, 3.63) is 48.3 Å². The minimum atomic E-state index is 0.937. The second-order valence-electron chi connectivity index (χ2n) is 6.68. The Labute approximate surface area is 126 Å².